The molecule has 25 heavy (non-hydrogen) atoms. The Morgan fingerprint density at radius 2 is 2.00 bits per heavy atom. The number of hydrogen-bond donors (Lipinski definition) is 1. The van der Waals surface area contributed by atoms with Gasteiger partial charge in [0.25, 0.3) is 5.91 Å². The Morgan fingerprint density at radius 1 is 1.36 bits per heavy atom. The third-order valence-corrected chi connectivity index (χ3v) is 5.42. The first-order chi connectivity index (χ1) is 11.8. The van der Waals surface area contributed by atoms with Crippen molar-refractivity contribution in [1.82, 2.24) is 4.90 Å². The van der Waals surface area contributed by atoms with Gasteiger partial charge in [-0.15, -0.1) is 0 Å². The molecule has 1 aliphatic rings. The number of allylic oxidation sites excluding steroid dienone is 2. The van der Waals surface area contributed by atoms with Crippen molar-refractivity contribution in [2.75, 3.05) is 0 Å². The number of carboxylic acids is 1. The van der Waals surface area contributed by atoms with Crippen LogP contribution < -0.4 is 0 Å². The van der Waals surface area contributed by atoms with Crippen LogP contribution in [-0.4, -0.2) is 32.2 Å². The van der Waals surface area contributed by atoms with E-state index in [9.17, 15) is 14.7 Å². The number of aliphatic carboxylic acids is 1. The number of carbonyl (C=O) groups excluding carboxylic acids is 1. The molecule has 1 aromatic carbocycles. The first-order valence-corrected chi connectivity index (χ1v) is 9.30. The summed E-state index contributed by atoms with van der Waals surface area (Å²) in [4.78, 5) is 26.1. The average Bonchev–Trinajstić information content (AvgIpc) is 2.83. The van der Waals surface area contributed by atoms with E-state index in [1.807, 2.05) is 57.2 Å². The molecule has 1 aliphatic heterocycles. The molecule has 1 amide bonds. The summed E-state index contributed by atoms with van der Waals surface area (Å²) in [5.41, 5.74) is 1.94. The molecule has 0 spiro atoms. The van der Waals surface area contributed by atoms with Crippen LogP contribution in [0, 0.1) is 5.92 Å². The van der Waals surface area contributed by atoms with E-state index in [1.165, 1.54) is 4.90 Å². The Hall–Kier alpha value is -1.92. The maximum Gasteiger partial charge on any atom is 0.327 e. The molecule has 1 N–H and O–H groups in total. The molecule has 132 valence electrons. The summed E-state index contributed by atoms with van der Waals surface area (Å²) >= 11 is 6.44. The third kappa shape index (κ3) is 4.58. The van der Waals surface area contributed by atoms with Gasteiger partial charge in [-0.2, -0.15) is 0 Å². The predicted octanol–water partition coefficient (Wildman–Crippen LogP) is 4.33. The van der Waals surface area contributed by atoms with Crippen molar-refractivity contribution < 1.29 is 14.7 Å². The number of hydrogen-bond acceptors (Lipinski definition) is 4. The standard InChI is InChI=1S/C19H21NO3S2/c1-4-13(3)16(18(22)23)20-17(21)15(25-19(20)24)11-12(2)10-14-8-6-5-7-9-14/h5-11,13,16H,4H2,1-3H3,(H,22,23)/b12-10+,15-11-/t13-,16+/m1/s1. The Morgan fingerprint density at radius 3 is 2.56 bits per heavy atom. The number of amides is 1. The first kappa shape index (κ1) is 19.4. The van der Waals surface area contributed by atoms with E-state index in [0.717, 1.165) is 22.9 Å². The molecule has 0 radical (unpaired) electrons. The molecule has 2 atom stereocenters. The molecule has 0 bridgehead atoms. The smallest absolute Gasteiger partial charge is 0.327 e. The fourth-order valence-corrected chi connectivity index (χ4v) is 3.99. The second-order valence-corrected chi connectivity index (χ2v) is 7.70. The zero-order chi connectivity index (χ0) is 18.6. The monoisotopic (exact) mass is 375 g/mol. The highest BCUT2D eigenvalue weighted by molar-refractivity contribution is 8.26. The van der Waals surface area contributed by atoms with Gasteiger partial charge < -0.3 is 5.11 Å². The summed E-state index contributed by atoms with van der Waals surface area (Å²) in [5, 5.41) is 9.54. The van der Waals surface area contributed by atoms with Gasteiger partial charge >= 0.3 is 5.97 Å². The van der Waals surface area contributed by atoms with Gasteiger partial charge in [-0.1, -0.05) is 80.7 Å². The van der Waals surface area contributed by atoms with Crippen LogP contribution in [0.4, 0.5) is 0 Å². The third-order valence-electron chi connectivity index (χ3n) is 4.09. The van der Waals surface area contributed by atoms with E-state index in [1.54, 1.807) is 6.08 Å². The largest absolute Gasteiger partial charge is 0.480 e. The Labute approximate surface area is 157 Å². The van der Waals surface area contributed by atoms with Crippen molar-refractivity contribution in [1.29, 1.82) is 0 Å². The first-order valence-electron chi connectivity index (χ1n) is 8.08. The molecule has 1 heterocycles. The minimum absolute atomic E-state index is 0.180. The van der Waals surface area contributed by atoms with Crippen LogP contribution in [0.1, 0.15) is 32.8 Å². The highest BCUT2D eigenvalue weighted by atomic mass is 32.2. The van der Waals surface area contributed by atoms with Crippen molar-refractivity contribution in [3.8, 4) is 0 Å². The van der Waals surface area contributed by atoms with Crippen LogP contribution in [0.5, 0.6) is 0 Å². The summed E-state index contributed by atoms with van der Waals surface area (Å²) in [5.74, 6) is -1.53. The quantitative estimate of drug-likeness (QED) is 0.592. The molecule has 1 aromatic rings. The fourth-order valence-electron chi connectivity index (χ4n) is 2.61. The Bertz CT molecular complexity index is 740. The normalized spacial score (nSPS) is 19.4. The summed E-state index contributed by atoms with van der Waals surface area (Å²) in [6.45, 7) is 5.63. The number of nitrogens with zero attached hydrogens (tertiary/aromatic N) is 1. The van der Waals surface area contributed by atoms with Crippen LogP contribution in [0.2, 0.25) is 0 Å². The fraction of sp³-hybridized carbons (Fsp3) is 0.316. The molecule has 0 unspecified atom stereocenters. The van der Waals surface area contributed by atoms with Crippen LogP contribution in [-0.2, 0) is 9.59 Å². The van der Waals surface area contributed by atoms with Crippen LogP contribution in [0.25, 0.3) is 6.08 Å². The number of carbonyl (C=O) groups is 2. The van der Waals surface area contributed by atoms with Crippen molar-refractivity contribution in [3.63, 3.8) is 0 Å². The number of thiocarbonyl (C=S) groups is 1. The van der Waals surface area contributed by atoms with Crippen molar-refractivity contribution in [2.24, 2.45) is 5.92 Å². The molecule has 0 aliphatic carbocycles. The summed E-state index contributed by atoms with van der Waals surface area (Å²) < 4.78 is 0.302. The average molecular weight is 376 g/mol. The van der Waals surface area contributed by atoms with E-state index in [4.69, 9.17) is 12.2 Å². The van der Waals surface area contributed by atoms with Gasteiger partial charge in [0.15, 0.2) is 0 Å². The summed E-state index contributed by atoms with van der Waals surface area (Å²) in [6, 6.07) is 8.86. The highest BCUT2D eigenvalue weighted by Crippen LogP contribution is 2.35. The number of thioether (sulfide) groups is 1. The lowest BCUT2D eigenvalue weighted by atomic mass is 9.98. The molecular formula is C19H21NO3S2. The second-order valence-electron chi connectivity index (χ2n) is 6.02. The van der Waals surface area contributed by atoms with Gasteiger partial charge in [0.1, 0.15) is 10.4 Å². The highest BCUT2D eigenvalue weighted by Gasteiger charge is 2.42. The molecular weight excluding hydrogens is 354 g/mol. The molecule has 0 saturated carbocycles. The Kier molecular flexibility index (Phi) is 6.56. The minimum atomic E-state index is -1.02. The van der Waals surface area contributed by atoms with Crippen molar-refractivity contribution >= 4 is 46.3 Å². The van der Waals surface area contributed by atoms with Gasteiger partial charge in [0, 0.05) is 0 Å². The predicted molar refractivity (Wildman–Crippen MR) is 106 cm³/mol. The Balaban J connectivity index is 2.28. The molecule has 4 nitrogen and oxygen atoms in total. The van der Waals surface area contributed by atoms with E-state index >= 15 is 0 Å². The van der Waals surface area contributed by atoms with Gasteiger partial charge in [-0.3, -0.25) is 9.69 Å². The lowest BCUT2D eigenvalue weighted by Gasteiger charge is -2.27. The maximum atomic E-state index is 12.7. The van der Waals surface area contributed by atoms with Crippen molar-refractivity contribution in [2.45, 2.75) is 33.2 Å². The SMILES string of the molecule is CC[C@@H](C)[C@@H](C(=O)O)N1C(=O)/C(=C/C(C)=C/c2ccccc2)SC1=S. The minimum Gasteiger partial charge on any atom is -0.480 e. The van der Waals surface area contributed by atoms with Gasteiger partial charge in [-0.25, -0.2) is 4.79 Å². The molecule has 1 saturated heterocycles. The summed E-state index contributed by atoms with van der Waals surface area (Å²) in [7, 11) is 0. The maximum absolute atomic E-state index is 12.7. The van der Waals surface area contributed by atoms with E-state index in [2.05, 4.69) is 0 Å². The molecule has 1 fully saturated rings. The summed E-state index contributed by atoms with van der Waals surface area (Å²) in [6.07, 6.45) is 4.39. The van der Waals surface area contributed by atoms with Gasteiger partial charge in [0.05, 0.1) is 4.91 Å². The van der Waals surface area contributed by atoms with Crippen LogP contribution in [0.15, 0.2) is 46.9 Å². The van der Waals surface area contributed by atoms with Crippen LogP contribution in [0.3, 0.4) is 0 Å². The number of rotatable bonds is 6. The van der Waals surface area contributed by atoms with Crippen molar-refractivity contribution in [3.05, 3.63) is 52.4 Å². The number of benzene rings is 1. The van der Waals surface area contributed by atoms with Gasteiger partial charge in [-0.05, 0) is 30.1 Å². The molecule has 6 heteroatoms. The lowest BCUT2D eigenvalue weighted by molar-refractivity contribution is -0.147. The second kappa shape index (κ2) is 8.45. The zero-order valence-corrected chi connectivity index (χ0v) is 16.1. The number of carboxylic acid groups (broad SMARTS) is 1. The van der Waals surface area contributed by atoms with E-state index < -0.39 is 12.0 Å². The van der Waals surface area contributed by atoms with Crippen LogP contribution >= 0.6 is 24.0 Å². The van der Waals surface area contributed by atoms with E-state index in [0.29, 0.717) is 15.6 Å². The molecule has 0 aromatic heterocycles. The van der Waals surface area contributed by atoms with E-state index in [-0.39, 0.29) is 11.8 Å². The lowest BCUT2D eigenvalue weighted by Crippen LogP contribution is -2.47. The zero-order valence-electron chi connectivity index (χ0n) is 14.4. The topological polar surface area (TPSA) is 57.6 Å². The molecule has 2 rings (SSSR count). The van der Waals surface area contributed by atoms with Gasteiger partial charge in [0.2, 0.25) is 0 Å².